The molecule has 0 aromatic rings. The number of alkyl halides is 13. The maximum atomic E-state index is 14.0. The quantitative estimate of drug-likeness (QED) is 0.0550. The van der Waals surface area contributed by atoms with Crippen LogP contribution in [0.4, 0.5) is 57.1 Å². The molecule has 1 aliphatic rings. The average Bonchev–Trinajstić information content (AvgIpc) is 2.94. The zero-order valence-electron chi connectivity index (χ0n) is 26.0. The van der Waals surface area contributed by atoms with Crippen LogP contribution in [0.1, 0.15) is 34.1 Å². The molecule has 1 heterocycles. The molecule has 0 unspecified atom stereocenters. The van der Waals surface area contributed by atoms with Gasteiger partial charge in [0.15, 0.2) is 18.3 Å². The summed E-state index contributed by atoms with van der Waals surface area (Å²) in [7, 11) is 0. The van der Waals surface area contributed by atoms with Crippen molar-refractivity contribution in [1.82, 2.24) is 0 Å². The molecule has 290 valence electrons. The van der Waals surface area contributed by atoms with Gasteiger partial charge in [-0.1, -0.05) is 12.2 Å². The minimum Gasteiger partial charge on any atom is -0.463 e. The van der Waals surface area contributed by atoms with Crippen molar-refractivity contribution >= 4 is 47.4 Å². The van der Waals surface area contributed by atoms with Crippen molar-refractivity contribution in [2.45, 2.75) is 99.8 Å². The SMILES string of the molecule is CC(=O)OC[C@H]1O[C@@H](SC/C=C/CSCCC(F)(F)C(F)(F)C(F)(F)C(F)(F)C(F)(F)C(F)(F)F)[C@H](OC(C)=O)[C@@H](OC(C)=O)[C@@H]1OC(C)=O. The lowest BCUT2D eigenvalue weighted by molar-refractivity contribution is -0.439. The third-order valence-corrected chi connectivity index (χ3v) is 8.26. The van der Waals surface area contributed by atoms with Crippen LogP contribution < -0.4 is 0 Å². The van der Waals surface area contributed by atoms with E-state index in [4.69, 9.17) is 23.7 Å². The van der Waals surface area contributed by atoms with E-state index in [0.29, 0.717) is 11.8 Å². The molecule has 0 aromatic heterocycles. The number of ether oxygens (including phenoxy) is 5. The van der Waals surface area contributed by atoms with Crippen LogP contribution in [-0.4, -0.2) is 113 Å². The van der Waals surface area contributed by atoms with Gasteiger partial charge in [-0.15, -0.1) is 11.8 Å². The third kappa shape index (κ3) is 10.7. The van der Waals surface area contributed by atoms with E-state index in [1.807, 2.05) is 0 Å². The van der Waals surface area contributed by atoms with Gasteiger partial charge in [-0.2, -0.15) is 68.8 Å². The molecule has 24 heteroatoms. The number of carbonyl (C=O) groups excluding carboxylic acids is 4. The molecule has 0 N–H and O–H groups in total. The van der Waals surface area contributed by atoms with E-state index in [0.717, 1.165) is 39.5 Å². The van der Waals surface area contributed by atoms with Crippen molar-refractivity contribution in [3.63, 3.8) is 0 Å². The molecule has 50 heavy (non-hydrogen) atoms. The van der Waals surface area contributed by atoms with Gasteiger partial charge in [0.25, 0.3) is 0 Å². The molecule has 0 aromatic carbocycles. The summed E-state index contributed by atoms with van der Waals surface area (Å²) < 4.78 is 199. The zero-order chi connectivity index (χ0) is 39.1. The summed E-state index contributed by atoms with van der Waals surface area (Å²) in [5, 5.41) is 0. The number of rotatable bonds is 17. The molecule has 5 atom stereocenters. The van der Waals surface area contributed by atoms with Crippen LogP contribution in [0, 0.1) is 0 Å². The van der Waals surface area contributed by atoms with E-state index >= 15 is 0 Å². The fourth-order valence-electron chi connectivity index (χ4n) is 3.92. The summed E-state index contributed by atoms with van der Waals surface area (Å²) in [5.41, 5.74) is -1.22. The van der Waals surface area contributed by atoms with Crippen molar-refractivity contribution < 1.29 is 99.9 Å². The molecule has 1 saturated heterocycles. The first kappa shape index (κ1) is 45.4. The number of halogens is 13. The Morgan fingerprint density at radius 3 is 1.56 bits per heavy atom. The van der Waals surface area contributed by atoms with Gasteiger partial charge in [-0.05, 0) is 5.75 Å². The minimum absolute atomic E-state index is 0.0999. The highest BCUT2D eigenvalue weighted by Crippen LogP contribution is 2.60. The van der Waals surface area contributed by atoms with Crippen LogP contribution in [0.3, 0.4) is 0 Å². The summed E-state index contributed by atoms with van der Waals surface area (Å²) >= 11 is 1.15. The van der Waals surface area contributed by atoms with Gasteiger partial charge in [0, 0.05) is 45.6 Å². The highest BCUT2D eigenvalue weighted by atomic mass is 32.2. The highest BCUT2D eigenvalue weighted by Gasteiger charge is 2.90. The van der Waals surface area contributed by atoms with Crippen LogP contribution in [0.25, 0.3) is 0 Å². The fourth-order valence-corrected chi connectivity index (χ4v) is 5.82. The molecule has 0 aliphatic carbocycles. The summed E-state index contributed by atoms with van der Waals surface area (Å²) in [6.07, 6.45) is -13.0. The number of hydrogen-bond donors (Lipinski definition) is 0. The summed E-state index contributed by atoms with van der Waals surface area (Å²) in [6, 6.07) is 0. The Bertz CT molecular complexity index is 1230. The van der Waals surface area contributed by atoms with E-state index in [9.17, 15) is 76.3 Å². The van der Waals surface area contributed by atoms with Crippen LogP contribution >= 0.6 is 23.5 Å². The monoisotopic (exact) mass is 796 g/mol. The van der Waals surface area contributed by atoms with Crippen LogP contribution in [0.2, 0.25) is 0 Å². The second-order valence-corrected chi connectivity index (χ2v) is 12.5. The lowest BCUT2D eigenvalue weighted by Gasteiger charge is -2.44. The fraction of sp³-hybridized carbons (Fsp3) is 0.769. The Kier molecular flexibility index (Phi) is 15.7. The lowest BCUT2D eigenvalue weighted by atomic mass is 9.93. The Balaban J connectivity index is 2.98. The number of esters is 4. The number of thioether (sulfide) groups is 2. The van der Waals surface area contributed by atoms with Gasteiger partial charge < -0.3 is 23.7 Å². The van der Waals surface area contributed by atoms with Gasteiger partial charge in [-0.25, -0.2) is 0 Å². The molecular weight excluding hydrogens is 767 g/mol. The van der Waals surface area contributed by atoms with E-state index in [-0.39, 0.29) is 11.5 Å². The summed E-state index contributed by atoms with van der Waals surface area (Å²) in [6.45, 7) is 3.49. The van der Waals surface area contributed by atoms with E-state index in [1.165, 1.54) is 12.2 Å². The maximum Gasteiger partial charge on any atom is 0.460 e. The summed E-state index contributed by atoms with van der Waals surface area (Å²) in [5.74, 6) is -42.2. The van der Waals surface area contributed by atoms with Crippen molar-refractivity contribution in [3.8, 4) is 0 Å². The Labute approximate surface area is 283 Å². The molecule has 0 amide bonds. The van der Waals surface area contributed by atoms with Gasteiger partial charge in [-0.3, -0.25) is 19.2 Å². The normalized spacial score (nSPS) is 22.6. The maximum absolute atomic E-state index is 14.0. The molecule has 0 radical (unpaired) electrons. The molecule has 1 rings (SSSR count). The molecular formula is C26H29F13O9S2. The van der Waals surface area contributed by atoms with Gasteiger partial charge in [0.05, 0.1) is 0 Å². The largest absolute Gasteiger partial charge is 0.463 e. The lowest BCUT2D eigenvalue weighted by Crippen LogP contribution is -2.70. The van der Waals surface area contributed by atoms with Crippen molar-refractivity contribution in [3.05, 3.63) is 12.2 Å². The second-order valence-electron chi connectivity index (χ2n) is 10.2. The minimum atomic E-state index is -7.96. The zero-order valence-corrected chi connectivity index (χ0v) is 27.6. The summed E-state index contributed by atoms with van der Waals surface area (Å²) in [4.78, 5) is 46.8. The highest BCUT2D eigenvalue weighted by molar-refractivity contribution is 8.00. The second kappa shape index (κ2) is 17.3. The molecule has 0 bridgehead atoms. The molecule has 0 spiro atoms. The Morgan fingerprint density at radius 2 is 1.08 bits per heavy atom. The van der Waals surface area contributed by atoms with Crippen LogP contribution in [-0.2, 0) is 42.9 Å². The smallest absolute Gasteiger partial charge is 0.460 e. The molecule has 1 aliphatic heterocycles. The van der Waals surface area contributed by atoms with E-state index in [1.54, 1.807) is 0 Å². The first-order chi connectivity index (χ1) is 22.5. The van der Waals surface area contributed by atoms with Gasteiger partial charge in [0.2, 0.25) is 0 Å². The van der Waals surface area contributed by atoms with E-state index < -0.39 is 108 Å². The van der Waals surface area contributed by atoms with Gasteiger partial charge in [0.1, 0.15) is 18.1 Å². The first-order valence-electron chi connectivity index (χ1n) is 13.7. The van der Waals surface area contributed by atoms with Crippen molar-refractivity contribution in [2.24, 2.45) is 0 Å². The van der Waals surface area contributed by atoms with Gasteiger partial charge >= 0.3 is 59.7 Å². The molecule has 1 fully saturated rings. The Hall–Kier alpha value is -2.63. The number of carbonyl (C=O) groups is 4. The standard InChI is InChI=1S/C26H29F13O9S2/c1-12(40)44-11-16-17(45-13(2)41)18(46-14(3)42)19(47-15(4)43)20(48-16)50-9-6-5-8-49-10-7-21(27,28)22(29,30)23(31,32)24(33,34)25(35,36)26(37,38)39/h5-6,16-20H,7-11H2,1-4H3/b6-5+/t16-,17-,18+,19-,20+/m1/s1. The van der Waals surface area contributed by atoms with Crippen molar-refractivity contribution in [1.29, 1.82) is 0 Å². The molecule has 9 nitrogen and oxygen atoms in total. The third-order valence-electron chi connectivity index (χ3n) is 6.24. The molecule has 0 saturated carbocycles. The van der Waals surface area contributed by atoms with E-state index in [2.05, 4.69) is 0 Å². The number of hydrogen-bond acceptors (Lipinski definition) is 11. The van der Waals surface area contributed by atoms with Crippen LogP contribution in [0.15, 0.2) is 12.2 Å². The average molecular weight is 797 g/mol. The van der Waals surface area contributed by atoms with Crippen LogP contribution in [0.5, 0.6) is 0 Å². The predicted octanol–water partition coefficient (Wildman–Crippen LogP) is 6.22. The topological polar surface area (TPSA) is 114 Å². The predicted molar refractivity (Wildman–Crippen MR) is 146 cm³/mol. The van der Waals surface area contributed by atoms with Crippen molar-refractivity contribution in [2.75, 3.05) is 23.9 Å². The first-order valence-corrected chi connectivity index (χ1v) is 15.9. The Morgan fingerprint density at radius 1 is 0.620 bits per heavy atom.